The number of ketones is 1. The van der Waals surface area contributed by atoms with E-state index in [4.69, 9.17) is 11.6 Å². The summed E-state index contributed by atoms with van der Waals surface area (Å²) in [5.74, 6) is -1.46. The number of nitrogens with one attached hydrogen (secondary N) is 1. The Bertz CT molecular complexity index is 1470. The van der Waals surface area contributed by atoms with Crippen molar-refractivity contribution in [3.8, 4) is 11.4 Å². The molecule has 0 bridgehead atoms. The molecule has 3 rings (SSSR count). The van der Waals surface area contributed by atoms with Crippen LogP contribution in [-0.2, 0) is 34.4 Å². The number of nitrogens with zero attached hydrogens (tertiary/aromatic N) is 3. The zero-order valence-electron chi connectivity index (χ0n) is 21.7. The Morgan fingerprint density at radius 1 is 1.05 bits per heavy atom. The SMILES string of the molecule is CC(=O)NC(C)(CCC(=O)Cn1nc(-c2ccc(Cl)cc2)n(C[C@H](O)C(F)(F)F)c1=O)c1cccc(C(F)(F)F)c1. The monoisotopic (exact) mass is 606 g/mol. The van der Waals surface area contributed by atoms with Crippen molar-refractivity contribution in [2.24, 2.45) is 0 Å². The number of aliphatic hydroxyl groups excluding tert-OH is 1. The summed E-state index contributed by atoms with van der Waals surface area (Å²) in [6.07, 6.45) is -13.1. The van der Waals surface area contributed by atoms with Crippen LogP contribution in [0, 0.1) is 0 Å². The highest BCUT2D eigenvalue weighted by Crippen LogP contribution is 2.34. The predicted octanol–water partition coefficient (Wildman–Crippen LogP) is 4.71. The molecule has 0 aliphatic heterocycles. The van der Waals surface area contributed by atoms with E-state index in [-0.39, 0.29) is 29.8 Å². The molecule has 0 radical (unpaired) electrons. The van der Waals surface area contributed by atoms with Gasteiger partial charge in [-0.15, -0.1) is 5.10 Å². The lowest BCUT2D eigenvalue weighted by Crippen LogP contribution is -2.43. The first-order valence-electron chi connectivity index (χ1n) is 12.1. The van der Waals surface area contributed by atoms with Crippen molar-refractivity contribution >= 4 is 23.3 Å². The molecule has 0 aliphatic rings. The Kier molecular flexibility index (Phi) is 9.38. The van der Waals surface area contributed by atoms with Gasteiger partial charge in [0, 0.05) is 23.9 Å². The van der Waals surface area contributed by atoms with Crippen LogP contribution in [0.4, 0.5) is 26.3 Å². The Morgan fingerprint density at radius 2 is 1.66 bits per heavy atom. The molecule has 0 fully saturated rings. The average Bonchev–Trinajstić information content (AvgIpc) is 3.16. The van der Waals surface area contributed by atoms with Crippen LogP contribution < -0.4 is 11.0 Å². The van der Waals surface area contributed by atoms with Gasteiger partial charge in [-0.1, -0.05) is 23.7 Å². The summed E-state index contributed by atoms with van der Waals surface area (Å²) in [4.78, 5) is 37.7. The first-order valence-corrected chi connectivity index (χ1v) is 12.4. The third kappa shape index (κ3) is 7.97. The number of amides is 1. The van der Waals surface area contributed by atoms with Gasteiger partial charge in [0.25, 0.3) is 0 Å². The quantitative estimate of drug-likeness (QED) is 0.325. The number of halogens is 7. The van der Waals surface area contributed by atoms with E-state index in [0.717, 1.165) is 19.1 Å². The molecule has 1 amide bonds. The van der Waals surface area contributed by atoms with Crippen LogP contribution in [-0.4, -0.2) is 43.4 Å². The van der Waals surface area contributed by atoms with Crippen molar-refractivity contribution in [3.05, 3.63) is 75.2 Å². The first kappa shape index (κ1) is 31.9. The summed E-state index contributed by atoms with van der Waals surface area (Å²) in [5, 5.41) is 16.4. The molecule has 15 heteroatoms. The van der Waals surface area contributed by atoms with Gasteiger partial charge in [0.1, 0.15) is 6.54 Å². The van der Waals surface area contributed by atoms with Crippen molar-refractivity contribution in [1.29, 1.82) is 0 Å². The minimum absolute atomic E-state index is 0.0860. The van der Waals surface area contributed by atoms with E-state index in [1.807, 2.05) is 0 Å². The van der Waals surface area contributed by atoms with E-state index in [0.29, 0.717) is 14.3 Å². The molecule has 3 aromatic rings. The highest BCUT2D eigenvalue weighted by molar-refractivity contribution is 6.30. The largest absolute Gasteiger partial charge is 0.416 e. The summed E-state index contributed by atoms with van der Waals surface area (Å²) in [6.45, 7) is 0.723. The zero-order chi connectivity index (χ0) is 30.8. The van der Waals surface area contributed by atoms with Crippen molar-refractivity contribution < 1.29 is 41.0 Å². The highest BCUT2D eigenvalue weighted by Gasteiger charge is 2.39. The number of benzene rings is 2. The first-order chi connectivity index (χ1) is 18.9. The minimum Gasteiger partial charge on any atom is -0.382 e. The molecular formula is C26H25ClF6N4O4. The minimum atomic E-state index is -5.04. The molecule has 2 atom stereocenters. The fourth-order valence-electron chi connectivity index (χ4n) is 4.14. The number of carbonyl (C=O) groups is 2. The molecule has 1 unspecified atom stereocenters. The van der Waals surface area contributed by atoms with Gasteiger partial charge >= 0.3 is 18.0 Å². The summed E-state index contributed by atoms with van der Waals surface area (Å²) in [5.41, 5.74) is -3.18. The van der Waals surface area contributed by atoms with Crippen LogP contribution in [0.5, 0.6) is 0 Å². The molecule has 0 saturated heterocycles. The average molecular weight is 607 g/mol. The molecule has 8 nitrogen and oxygen atoms in total. The number of alkyl halides is 6. The van der Waals surface area contributed by atoms with Gasteiger partial charge < -0.3 is 10.4 Å². The lowest BCUT2D eigenvalue weighted by Gasteiger charge is -2.31. The van der Waals surface area contributed by atoms with Crippen molar-refractivity contribution in [1.82, 2.24) is 19.7 Å². The number of hydrogen-bond acceptors (Lipinski definition) is 5. The van der Waals surface area contributed by atoms with Gasteiger partial charge in [-0.2, -0.15) is 26.3 Å². The third-order valence-corrected chi connectivity index (χ3v) is 6.52. The molecular weight excluding hydrogens is 582 g/mol. The summed E-state index contributed by atoms with van der Waals surface area (Å²) >= 11 is 5.86. The van der Waals surface area contributed by atoms with Crippen LogP contribution in [0.2, 0.25) is 5.02 Å². The second kappa shape index (κ2) is 12.1. The van der Waals surface area contributed by atoms with Gasteiger partial charge in [0.2, 0.25) is 5.91 Å². The smallest absolute Gasteiger partial charge is 0.382 e. The number of aliphatic hydroxyl groups is 1. The number of aromatic nitrogens is 3. The van der Waals surface area contributed by atoms with Crippen LogP contribution >= 0.6 is 11.6 Å². The van der Waals surface area contributed by atoms with Crippen LogP contribution in [0.25, 0.3) is 11.4 Å². The Balaban J connectivity index is 1.89. The second-order valence-corrected chi connectivity index (χ2v) is 10.0. The van der Waals surface area contributed by atoms with E-state index < -0.39 is 60.0 Å². The van der Waals surface area contributed by atoms with Crippen LogP contribution in [0.15, 0.2) is 53.3 Å². The summed E-state index contributed by atoms with van der Waals surface area (Å²) in [6, 6.07) is 9.85. The molecule has 1 heterocycles. The van der Waals surface area contributed by atoms with Crippen molar-refractivity contribution in [2.75, 3.05) is 0 Å². The Morgan fingerprint density at radius 3 is 2.22 bits per heavy atom. The van der Waals surface area contributed by atoms with Gasteiger partial charge in [-0.05, 0) is 55.3 Å². The van der Waals surface area contributed by atoms with Crippen LogP contribution in [0.3, 0.4) is 0 Å². The standard InChI is InChI=1S/C26H25ClF6N4O4/c1-15(38)34-24(2,17-4-3-5-18(12-17)25(28,29)30)11-10-20(39)13-37-23(41)36(14-21(40)26(31,32)33)22(35-37)16-6-8-19(27)9-7-16/h3-9,12,21,40H,10-11,13-14H2,1-2H3,(H,34,38)/t21-,24?/m0/s1. The molecule has 1 aromatic heterocycles. The lowest BCUT2D eigenvalue weighted by atomic mass is 9.85. The van der Waals surface area contributed by atoms with E-state index in [2.05, 4.69) is 10.4 Å². The molecule has 2 N–H and O–H groups in total. The number of carbonyl (C=O) groups excluding carboxylic acids is 2. The van der Waals surface area contributed by atoms with E-state index >= 15 is 0 Å². The number of rotatable bonds is 10. The highest BCUT2D eigenvalue weighted by atomic mass is 35.5. The third-order valence-electron chi connectivity index (χ3n) is 6.27. The van der Waals surface area contributed by atoms with E-state index in [1.165, 1.54) is 43.3 Å². The summed E-state index contributed by atoms with van der Waals surface area (Å²) < 4.78 is 80.2. The van der Waals surface area contributed by atoms with Gasteiger partial charge in [-0.25, -0.2) is 9.48 Å². The molecule has 0 saturated carbocycles. The molecule has 41 heavy (non-hydrogen) atoms. The zero-order valence-corrected chi connectivity index (χ0v) is 22.4. The van der Waals surface area contributed by atoms with Gasteiger partial charge in [-0.3, -0.25) is 14.2 Å². The maximum atomic E-state index is 13.3. The fourth-order valence-corrected chi connectivity index (χ4v) is 4.27. The maximum Gasteiger partial charge on any atom is 0.416 e. The van der Waals surface area contributed by atoms with Crippen molar-refractivity contribution in [3.63, 3.8) is 0 Å². The second-order valence-electron chi connectivity index (χ2n) is 9.57. The molecule has 2 aromatic carbocycles. The topological polar surface area (TPSA) is 106 Å². The maximum absolute atomic E-state index is 13.3. The molecule has 0 aliphatic carbocycles. The number of hydrogen-bond donors (Lipinski definition) is 2. The normalized spacial score (nSPS) is 14.4. The van der Waals surface area contributed by atoms with Crippen LogP contribution in [0.1, 0.15) is 37.8 Å². The van der Waals surface area contributed by atoms with E-state index in [1.54, 1.807) is 0 Å². The molecule has 0 spiro atoms. The van der Waals surface area contributed by atoms with Gasteiger partial charge in [0.15, 0.2) is 17.7 Å². The van der Waals surface area contributed by atoms with Crippen molar-refractivity contribution in [2.45, 2.75) is 63.8 Å². The fraction of sp³-hybridized carbons (Fsp3) is 0.385. The lowest BCUT2D eigenvalue weighted by molar-refractivity contribution is -0.207. The Labute approximate surface area is 234 Å². The molecule has 222 valence electrons. The van der Waals surface area contributed by atoms with E-state index in [9.17, 15) is 45.8 Å². The predicted molar refractivity (Wildman–Crippen MR) is 136 cm³/mol. The summed E-state index contributed by atoms with van der Waals surface area (Å²) in [7, 11) is 0. The number of Topliss-reactive ketones (excluding diaryl/α,β-unsaturated/α-hetero) is 1. The Hall–Kier alpha value is -3.65. The van der Waals surface area contributed by atoms with Gasteiger partial charge in [0.05, 0.1) is 17.6 Å².